The molecular formula is C7H7ClF3N3O3. The number of non-ortho nitro benzene ring substituents is 1. The highest BCUT2D eigenvalue weighted by Crippen LogP contribution is 2.32. The molecule has 0 radical (unpaired) electrons. The molecule has 0 spiro atoms. The number of ether oxygens (including phenoxy) is 1. The van der Waals surface area contributed by atoms with Gasteiger partial charge < -0.3 is 10.2 Å². The summed E-state index contributed by atoms with van der Waals surface area (Å²) in [5.74, 6) is 4.28. The first-order valence-electron chi connectivity index (χ1n) is 3.84. The topological polar surface area (TPSA) is 90.4 Å². The Morgan fingerprint density at radius 1 is 1.41 bits per heavy atom. The van der Waals surface area contributed by atoms with Crippen LogP contribution in [0.2, 0.25) is 0 Å². The summed E-state index contributed by atoms with van der Waals surface area (Å²) in [6.07, 6.45) is -4.89. The molecule has 0 unspecified atom stereocenters. The minimum absolute atomic E-state index is 0. The van der Waals surface area contributed by atoms with E-state index in [1.165, 1.54) is 0 Å². The molecule has 0 bridgehead atoms. The van der Waals surface area contributed by atoms with Gasteiger partial charge in [0.1, 0.15) is 0 Å². The molecule has 1 rings (SSSR count). The normalized spacial score (nSPS) is 10.4. The van der Waals surface area contributed by atoms with Crippen LogP contribution in [0, 0.1) is 10.1 Å². The van der Waals surface area contributed by atoms with Crippen molar-refractivity contribution in [3.05, 3.63) is 28.3 Å². The summed E-state index contributed by atoms with van der Waals surface area (Å²) < 4.78 is 39.3. The first-order chi connectivity index (χ1) is 7.33. The number of nitro groups is 1. The lowest BCUT2D eigenvalue weighted by atomic mass is 10.2. The van der Waals surface area contributed by atoms with E-state index < -0.39 is 22.7 Å². The molecule has 0 saturated carbocycles. The van der Waals surface area contributed by atoms with Gasteiger partial charge in [0, 0.05) is 12.1 Å². The van der Waals surface area contributed by atoms with Crippen molar-refractivity contribution in [1.82, 2.24) is 0 Å². The zero-order valence-electron chi connectivity index (χ0n) is 8.02. The smallest absolute Gasteiger partial charge is 0.404 e. The summed E-state index contributed by atoms with van der Waals surface area (Å²) >= 11 is 0. The van der Waals surface area contributed by atoms with E-state index in [1.807, 2.05) is 5.43 Å². The van der Waals surface area contributed by atoms with Crippen molar-refractivity contribution in [3.8, 4) is 5.75 Å². The number of nitrogen functional groups attached to an aromatic ring is 1. The maximum Gasteiger partial charge on any atom is 0.573 e. The molecule has 0 amide bonds. The summed E-state index contributed by atoms with van der Waals surface area (Å²) in [5, 5.41) is 10.3. The number of nitro benzene ring substituents is 1. The van der Waals surface area contributed by atoms with E-state index in [2.05, 4.69) is 4.74 Å². The van der Waals surface area contributed by atoms with Gasteiger partial charge in [0.25, 0.3) is 5.69 Å². The summed E-state index contributed by atoms with van der Waals surface area (Å²) in [6.45, 7) is 0. The zero-order chi connectivity index (χ0) is 12.3. The second-order valence-electron chi connectivity index (χ2n) is 2.63. The minimum atomic E-state index is -4.89. The number of hydrogen-bond acceptors (Lipinski definition) is 5. The van der Waals surface area contributed by atoms with Crippen molar-refractivity contribution in [3.63, 3.8) is 0 Å². The number of rotatable bonds is 3. The van der Waals surface area contributed by atoms with Gasteiger partial charge >= 0.3 is 6.36 Å². The number of halogens is 4. The standard InChI is InChI=1S/C7H6F3N3O3.ClH/c8-7(9,10)16-6-2-1-4(13(14)15)3-5(6)12-11;/h1-3,12H,11H2;1H. The number of nitrogens with two attached hydrogens (primary N) is 1. The van der Waals surface area contributed by atoms with E-state index in [9.17, 15) is 23.3 Å². The highest BCUT2D eigenvalue weighted by Gasteiger charge is 2.32. The maximum absolute atomic E-state index is 11.9. The molecule has 1 aromatic rings. The van der Waals surface area contributed by atoms with Gasteiger partial charge in [-0.2, -0.15) is 0 Å². The molecule has 0 aromatic heterocycles. The van der Waals surface area contributed by atoms with Crippen molar-refractivity contribution in [2.45, 2.75) is 6.36 Å². The fourth-order valence-electron chi connectivity index (χ4n) is 0.958. The lowest BCUT2D eigenvalue weighted by Crippen LogP contribution is -2.19. The lowest BCUT2D eigenvalue weighted by molar-refractivity contribution is -0.384. The van der Waals surface area contributed by atoms with Gasteiger partial charge in [0.15, 0.2) is 5.75 Å². The predicted octanol–water partition coefficient (Wildman–Crippen LogP) is 2.20. The summed E-state index contributed by atoms with van der Waals surface area (Å²) in [6, 6.07) is 2.52. The van der Waals surface area contributed by atoms with Crippen molar-refractivity contribution >= 4 is 23.8 Å². The van der Waals surface area contributed by atoms with Gasteiger partial charge in [-0.15, -0.1) is 25.6 Å². The molecule has 3 N–H and O–H groups in total. The molecular weight excluding hydrogens is 267 g/mol. The van der Waals surface area contributed by atoms with Gasteiger partial charge in [-0.3, -0.25) is 16.0 Å². The molecule has 0 aliphatic rings. The number of alkyl halides is 3. The van der Waals surface area contributed by atoms with E-state index in [4.69, 9.17) is 5.84 Å². The quantitative estimate of drug-likeness (QED) is 0.500. The second-order valence-corrected chi connectivity index (χ2v) is 2.63. The zero-order valence-corrected chi connectivity index (χ0v) is 8.84. The van der Waals surface area contributed by atoms with Crippen molar-refractivity contribution in [2.24, 2.45) is 5.84 Å². The third-order valence-electron chi connectivity index (χ3n) is 1.56. The van der Waals surface area contributed by atoms with E-state index in [0.717, 1.165) is 18.2 Å². The molecule has 96 valence electrons. The first-order valence-corrected chi connectivity index (χ1v) is 3.84. The molecule has 0 aliphatic carbocycles. The number of nitrogens with one attached hydrogen (secondary N) is 1. The highest BCUT2D eigenvalue weighted by molar-refractivity contribution is 5.85. The molecule has 0 aliphatic heterocycles. The van der Waals surface area contributed by atoms with Crippen LogP contribution in [0.15, 0.2) is 18.2 Å². The van der Waals surface area contributed by atoms with E-state index >= 15 is 0 Å². The third kappa shape index (κ3) is 4.33. The third-order valence-corrected chi connectivity index (χ3v) is 1.56. The van der Waals surface area contributed by atoms with Gasteiger partial charge in [-0.05, 0) is 6.07 Å². The van der Waals surface area contributed by atoms with Crippen LogP contribution in [0.1, 0.15) is 0 Å². The Morgan fingerprint density at radius 3 is 2.41 bits per heavy atom. The van der Waals surface area contributed by atoms with Crippen LogP contribution in [0.3, 0.4) is 0 Å². The Labute approximate surface area is 99.1 Å². The van der Waals surface area contributed by atoms with Crippen LogP contribution in [-0.2, 0) is 0 Å². The number of hydrazine groups is 1. The van der Waals surface area contributed by atoms with E-state index in [1.54, 1.807) is 0 Å². The van der Waals surface area contributed by atoms with Crippen LogP contribution >= 0.6 is 12.4 Å². The molecule has 0 heterocycles. The largest absolute Gasteiger partial charge is 0.573 e. The van der Waals surface area contributed by atoms with Crippen LogP contribution in [0.4, 0.5) is 24.5 Å². The van der Waals surface area contributed by atoms with E-state index in [-0.39, 0.29) is 18.1 Å². The van der Waals surface area contributed by atoms with Gasteiger partial charge in [0.2, 0.25) is 0 Å². The summed E-state index contributed by atoms with van der Waals surface area (Å²) in [4.78, 5) is 9.57. The summed E-state index contributed by atoms with van der Waals surface area (Å²) in [7, 11) is 0. The average molecular weight is 274 g/mol. The van der Waals surface area contributed by atoms with Crippen molar-refractivity contribution in [1.29, 1.82) is 0 Å². The average Bonchev–Trinajstić information content (AvgIpc) is 2.15. The SMILES string of the molecule is Cl.NNc1cc([N+](=O)[O-])ccc1OC(F)(F)F. The fourth-order valence-corrected chi connectivity index (χ4v) is 0.958. The molecule has 1 aromatic carbocycles. The van der Waals surface area contributed by atoms with Crippen molar-refractivity contribution in [2.75, 3.05) is 5.43 Å². The Hall–Kier alpha value is -1.74. The van der Waals surface area contributed by atoms with Crippen LogP contribution in [0.5, 0.6) is 5.75 Å². The highest BCUT2D eigenvalue weighted by atomic mass is 35.5. The summed E-state index contributed by atoms with van der Waals surface area (Å²) in [5.41, 5.74) is 1.16. The van der Waals surface area contributed by atoms with E-state index in [0.29, 0.717) is 0 Å². The van der Waals surface area contributed by atoms with Gasteiger partial charge in [-0.25, -0.2) is 0 Å². The van der Waals surface area contributed by atoms with Crippen LogP contribution in [-0.4, -0.2) is 11.3 Å². The molecule has 10 heteroatoms. The molecule has 0 saturated heterocycles. The molecule has 0 atom stereocenters. The van der Waals surface area contributed by atoms with Crippen LogP contribution in [0.25, 0.3) is 0 Å². The minimum Gasteiger partial charge on any atom is -0.404 e. The Bertz CT molecular complexity index is 413. The number of hydrogen-bond donors (Lipinski definition) is 2. The number of benzene rings is 1. The molecule has 17 heavy (non-hydrogen) atoms. The van der Waals surface area contributed by atoms with Gasteiger partial charge in [-0.1, -0.05) is 0 Å². The van der Waals surface area contributed by atoms with Crippen LogP contribution < -0.4 is 16.0 Å². The van der Waals surface area contributed by atoms with Gasteiger partial charge in [0.05, 0.1) is 10.6 Å². The maximum atomic E-state index is 11.9. The molecule has 0 fully saturated rings. The monoisotopic (exact) mass is 273 g/mol. The number of anilines is 1. The molecule has 6 nitrogen and oxygen atoms in total. The first kappa shape index (κ1) is 15.3. The predicted molar refractivity (Wildman–Crippen MR) is 54.8 cm³/mol. The Kier molecular flexibility index (Phi) is 4.98. The van der Waals surface area contributed by atoms with Crippen molar-refractivity contribution < 1.29 is 22.8 Å². The fraction of sp³-hybridized carbons (Fsp3) is 0.143. The Balaban J connectivity index is 0.00000256. The lowest BCUT2D eigenvalue weighted by Gasteiger charge is -2.12. The Morgan fingerprint density at radius 2 is 2.00 bits per heavy atom. The number of nitrogens with zero attached hydrogens (tertiary/aromatic N) is 1. The second kappa shape index (κ2) is 5.55.